The van der Waals surface area contributed by atoms with E-state index in [-0.39, 0.29) is 35.0 Å². The molecule has 1 heterocycles. The molecule has 2 rings (SSSR count). The first-order valence-electron chi connectivity index (χ1n) is 7.80. The lowest BCUT2D eigenvalue weighted by atomic mass is 10.1. The number of benzene rings is 1. The van der Waals surface area contributed by atoms with Crippen molar-refractivity contribution >= 4 is 28.2 Å². The van der Waals surface area contributed by atoms with E-state index in [0.717, 1.165) is 25.9 Å². The zero-order chi connectivity index (χ0) is 16.9. The van der Waals surface area contributed by atoms with Crippen molar-refractivity contribution in [2.24, 2.45) is 5.92 Å². The molecule has 6 nitrogen and oxygen atoms in total. The number of halogens is 1. The van der Waals surface area contributed by atoms with Crippen molar-refractivity contribution in [3.05, 3.63) is 24.3 Å². The van der Waals surface area contributed by atoms with Crippen LogP contribution in [0.3, 0.4) is 0 Å². The Balaban J connectivity index is 0.00000288. The van der Waals surface area contributed by atoms with Crippen LogP contribution in [-0.2, 0) is 14.6 Å². The van der Waals surface area contributed by atoms with Gasteiger partial charge in [0, 0.05) is 12.0 Å². The molecule has 0 spiro atoms. The standard InChI is InChI=1S/C16H24N2O4S.ClH/c1-12(16(19)18-13-7-9-17-10-8-13)11-23(20,21)15-5-3-14(22-2)4-6-15;/h3-6,12-13,17H,7-11H2,1-2H3,(H,18,19);1H. The fourth-order valence-corrected chi connectivity index (χ4v) is 4.15. The summed E-state index contributed by atoms with van der Waals surface area (Å²) in [4.78, 5) is 12.4. The molecule has 1 aliphatic heterocycles. The maximum Gasteiger partial charge on any atom is 0.224 e. The number of hydrogen-bond donors (Lipinski definition) is 2. The number of methoxy groups -OCH3 is 1. The largest absolute Gasteiger partial charge is 0.497 e. The first kappa shape index (κ1) is 20.7. The smallest absolute Gasteiger partial charge is 0.224 e. The molecule has 0 aliphatic carbocycles. The maximum absolute atomic E-state index is 12.4. The Hall–Kier alpha value is -1.31. The van der Waals surface area contributed by atoms with E-state index in [0.29, 0.717) is 5.75 Å². The number of carbonyl (C=O) groups is 1. The van der Waals surface area contributed by atoms with Crippen molar-refractivity contribution in [3.63, 3.8) is 0 Å². The van der Waals surface area contributed by atoms with Crippen LogP contribution in [-0.4, -0.2) is 46.3 Å². The Morgan fingerprint density at radius 3 is 2.42 bits per heavy atom. The molecule has 1 saturated heterocycles. The number of hydrogen-bond acceptors (Lipinski definition) is 5. The van der Waals surface area contributed by atoms with Gasteiger partial charge in [-0.3, -0.25) is 4.79 Å². The zero-order valence-electron chi connectivity index (χ0n) is 13.9. The average Bonchev–Trinajstić information content (AvgIpc) is 2.55. The maximum atomic E-state index is 12.4. The van der Waals surface area contributed by atoms with E-state index >= 15 is 0 Å². The summed E-state index contributed by atoms with van der Waals surface area (Å²) in [5, 5.41) is 6.18. The number of rotatable bonds is 6. The molecular weight excluding hydrogens is 352 g/mol. The van der Waals surface area contributed by atoms with Crippen molar-refractivity contribution in [1.29, 1.82) is 0 Å². The fraction of sp³-hybridized carbons (Fsp3) is 0.562. The third kappa shape index (κ3) is 5.65. The van der Waals surface area contributed by atoms with E-state index in [1.54, 1.807) is 19.1 Å². The number of ether oxygens (including phenoxy) is 1. The van der Waals surface area contributed by atoms with Crippen molar-refractivity contribution < 1.29 is 17.9 Å². The highest BCUT2D eigenvalue weighted by molar-refractivity contribution is 7.91. The van der Waals surface area contributed by atoms with E-state index in [1.165, 1.54) is 19.2 Å². The van der Waals surface area contributed by atoms with Crippen LogP contribution in [0.2, 0.25) is 0 Å². The number of amides is 1. The summed E-state index contributed by atoms with van der Waals surface area (Å²) in [5.41, 5.74) is 0. The highest BCUT2D eigenvalue weighted by Crippen LogP contribution is 2.18. The number of nitrogens with one attached hydrogen (secondary N) is 2. The molecule has 0 aromatic heterocycles. The number of carbonyl (C=O) groups excluding carboxylic acids is 1. The molecule has 1 amide bonds. The minimum absolute atomic E-state index is 0. The second kappa shape index (κ2) is 9.25. The van der Waals surface area contributed by atoms with Gasteiger partial charge in [-0.1, -0.05) is 6.92 Å². The lowest BCUT2D eigenvalue weighted by Gasteiger charge is -2.25. The van der Waals surface area contributed by atoms with Gasteiger partial charge in [-0.25, -0.2) is 8.42 Å². The highest BCUT2D eigenvalue weighted by Gasteiger charge is 2.25. The van der Waals surface area contributed by atoms with Crippen LogP contribution in [0.5, 0.6) is 5.75 Å². The second-order valence-electron chi connectivity index (χ2n) is 5.89. The van der Waals surface area contributed by atoms with Crippen molar-refractivity contribution in [1.82, 2.24) is 10.6 Å². The van der Waals surface area contributed by atoms with E-state index in [9.17, 15) is 13.2 Å². The average molecular weight is 377 g/mol. The van der Waals surface area contributed by atoms with Gasteiger partial charge in [-0.15, -0.1) is 12.4 Å². The van der Waals surface area contributed by atoms with Crippen molar-refractivity contribution in [2.75, 3.05) is 26.0 Å². The first-order valence-corrected chi connectivity index (χ1v) is 9.45. The Morgan fingerprint density at radius 1 is 1.29 bits per heavy atom. The van der Waals surface area contributed by atoms with Gasteiger partial charge >= 0.3 is 0 Å². The normalized spacial score (nSPS) is 16.8. The summed E-state index contributed by atoms with van der Waals surface area (Å²) in [7, 11) is -1.97. The van der Waals surface area contributed by atoms with Gasteiger partial charge in [0.25, 0.3) is 0 Å². The van der Waals surface area contributed by atoms with Crippen LogP contribution in [0, 0.1) is 5.92 Å². The third-order valence-corrected chi connectivity index (χ3v) is 5.95. The van der Waals surface area contributed by atoms with Gasteiger partial charge in [0.1, 0.15) is 5.75 Å². The summed E-state index contributed by atoms with van der Waals surface area (Å²) in [6.45, 7) is 3.41. The van der Waals surface area contributed by atoms with Crippen LogP contribution in [0.15, 0.2) is 29.2 Å². The minimum Gasteiger partial charge on any atom is -0.497 e. The molecule has 1 unspecified atom stereocenters. The molecule has 1 aliphatic rings. The number of sulfone groups is 1. The van der Waals surface area contributed by atoms with E-state index in [4.69, 9.17) is 4.74 Å². The van der Waals surface area contributed by atoms with Gasteiger partial charge in [-0.2, -0.15) is 0 Å². The lowest BCUT2D eigenvalue weighted by Crippen LogP contribution is -2.45. The SMILES string of the molecule is COc1ccc(S(=O)(=O)CC(C)C(=O)NC2CCNCC2)cc1.Cl. The summed E-state index contributed by atoms with van der Waals surface area (Å²) in [6.07, 6.45) is 1.76. The molecule has 1 aromatic rings. The van der Waals surface area contributed by atoms with Gasteiger partial charge in [-0.05, 0) is 50.2 Å². The van der Waals surface area contributed by atoms with Gasteiger partial charge in [0.05, 0.1) is 17.8 Å². The minimum atomic E-state index is -3.50. The van der Waals surface area contributed by atoms with Crippen LogP contribution >= 0.6 is 12.4 Å². The molecule has 136 valence electrons. The van der Waals surface area contributed by atoms with Crippen molar-refractivity contribution in [3.8, 4) is 5.75 Å². The summed E-state index contributed by atoms with van der Waals surface area (Å²) in [6, 6.07) is 6.35. The molecular formula is C16H25ClN2O4S. The molecule has 1 fully saturated rings. The van der Waals surface area contributed by atoms with Gasteiger partial charge in [0.2, 0.25) is 5.91 Å². The Bertz CT molecular complexity index is 628. The van der Waals surface area contributed by atoms with Crippen LogP contribution in [0.25, 0.3) is 0 Å². The van der Waals surface area contributed by atoms with Crippen LogP contribution < -0.4 is 15.4 Å². The highest BCUT2D eigenvalue weighted by atomic mass is 35.5. The number of piperidine rings is 1. The van der Waals surface area contributed by atoms with E-state index < -0.39 is 15.8 Å². The van der Waals surface area contributed by atoms with E-state index in [1.807, 2.05) is 0 Å². The van der Waals surface area contributed by atoms with Gasteiger partial charge in [0.15, 0.2) is 9.84 Å². The predicted molar refractivity (Wildman–Crippen MR) is 95.5 cm³/mol. The molecule has 24 heavy (non-hydrogen) atoms. The molecule has 2 N–H and O–H groups in total. The molecule has 0 bridgehead atoms. The molecule has 1 atom stereocenters. The Labute approximate surface area is 149 Å². The summed E-state index contributed by atoms with van der Waals surface area (Å²) >= 11 is 0. The fourth-order valence-electron chi connectivity index (χ4n) is 2.59. The quantitative estimate of drug-likeness (QED) is 0.783. The Kier molecular flexibility index (Phi) is 7.99. The summed E-state index contributed by atoms with van der Waals surface area (Å²) in [5.74, 6) is -0.387. The van der Waals surface area contributed by atoms with Crippen LogP contribution in [0.4, 0.5) is 0 Å². The lowest BCUT2D eigenvalue weighted by molar-refractivity contribution is -0.124. The predicted octanol–water partition coefficient (Wildman–Crippen LogP) is 1.39. The monoisotopic (exact) mass is 376 g/mol. The molecule has 8 heteroatoms. The first-order chi connectivity index (χ1) is 10.9. The zero-order valence-corrected chi connectivity index (χ0v) is 15.6. The molecule has 1 aromatic carbocycles. The Morgan fingerprint density at radius 2 is 1.88 bits per heavy atom. The second-order valence-corrected chi connectivity index (χ2v) is 7.93. The van der Waals surface area contributed by atoms with Gasteiger partial charge < -0.3 is 15.4 Å². The third-order valence-electron chi connectivity index (χ3n) is 4.02. The molecule has 0 radical (unpaired) electrons. The van der Waals surface area contributed by atoms with Crippen LogP contribution in [0.1, 0.15) is 19.8 Å². The topological polar surface area (TPSA) is 84.5 Å². The van der Waals surface area contributed by atoms with E-state index in [2.05, 4.69) is 10.6 Å². The van der Waals surface area contributed by atoms with Crippen molar-refractivity contribution in [2.45, 2.75) is 30.7 Å². The molecule has 0 saturated carbocycles. The summed E-state index contributed by atoms with van der Waals surface area (Å²) < 4.78 is 29.8.